The second-order valence-electron chi connectivity index (χ2n) is 7.62. The smallest absolute Gasteiger partial charge is 0.380 e. The highest BCUT2D eigenvalue weighted by Gasteiger charge is 2.73. The predicted octanol–water partition coefficient (Wildman–Crippen LogP) is 5.04. The van der Waals surface area contributed by atoms with Crippen LogP contribution in [0.3, 0.4) is 0 Å². The largest absolute Gasteiger partial charge is 0.417 e. The van der Waals surface area contributed by atoms with Gasteiger partial charge in [-0.2, -0.15) is 26.3 Å². The molecule has 2 nitrogen and oxygen atoms in total. The van der Waals surface area contributed by atoms with Gasteiger partial charge in [0.2, 0.25) is 0 Å². The van der Waals surface area contributed by atoms with Crippen LogP contribution in [0.4, 0.5) is 26.3 Å². The van der Waals surface area contributed by atoms with E-state index < -0.39 is 47.2 Å². The van der Waals surface area contributed by atoms with Crippen molar-refractivity contribution >= 4 is 0 Å². The summed E-state index contributed by atoms with van der Waals surface area (Å²) in [6.07, 6.45) is -9.97. The van der Waals surface area contributed by atoms with Crippen molar-refractivity contribution in [2.24, 2.45) is 35.5 Å². The van der Waals surface area contributed by atoms with E-state index in [1.807, 2.05) is 0 Å². The molecule has 2 rings (SSSR count). The lowest BCUT2D eigenvalue weighted by molar-refractivity contribution is -0.323. The zero-order chi connectivity index (χ0) is 18.2. The quantitative estimate of drug-likeness (QED) is 0.659. The number of halogens is 6. The van der Waals surface area contributed by atoms with Crippen LogP contribution in [-0.2, 0) is 0 Å². The highest BCUT2D eigenvalue weighted by atomic mass is 19.4. The van der Waals surface area contributed by atoms with Gasteiger partial charge in [-0.1, -0.05) is 28.7 Å². The second-order valence-corrected chi connectivity index (χ2v) is 7.62. The highest BCUT2D eigenvalue weighted by Crippen LogP contribution is 2.66. The second kappa shape index (κ2) is 6.59. The number of alkyl halides is 6. The lowest BCUT2D eigenvalue weighted by Crippen LogP contribution is -2.62. The third-order valence-electron chi connectivity index (χ3n) is 6.48. The van der Waals surface area contributed by atoms with Crippen LogP contribution >= 0.6 is 0 Å². The lowest BCUT2D eigenvalue weighted by Gasteiger charge is -2.50. The Morgan fingerprint density at radius 1 is 0.680 bits per heavy atom. The number of hydrogen-bond acceptors (Lipinski definition) is 2. The summed E-state index contributed by atoms with van der Waals surface area (Å²) in [6.45, 7) is 4.45. The van der Waals surface area contributed by atoms with Crippen LogP contribution in [-0.4, -0.2) is 33.8 Å². The van der Waals surface area contributed by atoms with Crippen molar-refractivity contribution in [1.82, 2.24) is 0 Å². The SMILES string of the molecule is C.C.CC1C(C)C2CC1C(C(C)(O)C(F)(F)F)C2C(C)(O)C(F)(F)F. The fourth-order valence-corrected chi connectivity index (χ4v) is 4.91. The molecule has 2 bridgehead atoms. The maximum atomic E-state index is 13.3. The molecule has 0 radical (unpaired) electrons. The monoisotopic (exact) mass is 380 g/mol. The van der Waals surface area contributed by atoms with Gasteiger partial charge in [-0.3, -0.25) is 0 Å². The third kappa shape index (κ3) is 3.29. The number of rotatable bonds is 2. The normalized spacial score (nSPS) is 39.8. The molecule has 0 aromatic carbocycles. The van der Waals surface area contributed by atoms with Gasteiger partial charge >= 0.3 is 12.4 Å². The first-order chi connectivity index (χ1) is 10.0. The molecule has 0 saturated heterocycles. The fourth-order valence-electron chi connectivity index (χ4n) is 4.91. The summed E-state index contributed by atoms with van der Waals surface area (Å²) >= 11 is 0. The van der Waals surface area contributed by atoms with Crippen LogP contribution in [0.15, 0.2) is 0 Å². The molecule has 2 N–H and O–H groups in total. The van der Waals surface area contributed by atoms with Crippen LogP contribution in [0.2, 0.25) is 0 Å². The Hall–Kier alpha value is -0.500. The van der Waals surface area contributed by atoms with Gasteiger partial charge in [-0.15, -0.1) is 0 Å². The number of fused-ring (bicyclic) bond motifs is 2. The molecule has 8 heteroatoms. The summed E-state index contributed by atoms with van der Waals surface area (Å²) in [5.74, 6) is -5.25. The Morgan fingerprint density at radius 2 is 0.920 bits per heavy atom. The van der Waals surface area contributed by atoms with Crippen molar-refractivity contribution in [3.8, 4) is 0 Å². The molecule has 2 fully saturated rings. The number of hydrogen-bond donors (Lipinski definition) is 2. The molecule has 152 valence electrons. The Bertz CT molecular complexity index is 427. The van der Waals surface area contributed by atoms with Crippen LogP contribution in [0, 0.1) is 35.5 Å². The van der Waals surface area contributed by atoms with E-state index in [0.717, 1.165) is 0 Å². The molecule has 2 aliphatic carbocycles. The average molecular weight is 380 g/mol. The van der Waals surface area contributed by atoms with E-state index in [4.69, 9.17) is 0 Å². The minimum atomic E-state index is -5.06. The van der Waals surface area contributed by atoms with E-state index in [1.165, 1.54) is 0 Å². The molecule has 8 atom stereocenters. The Kier molecular flexibility index (Phi) is 6.45. The Morgan fingerprint density at radius 3 is 1.12 bits per heavy atom. The molecule has 8 unspecified atom stereocenters. The summed E-state index contributed by atoms with van der Waals surface area (Å²) in [5.41, 5.74) is -6.55. The molecule has 25 heavy (non-hydrogen) atoms. The van der Waals surface area contributed by atoms with E-state index >= 15 is 0 Å². The van der Waals surface area contributed by atoms with Crippen LogP contribution < -0.4 is 0 Å². The Labute approximate surface area is 145 Å². The van der Waals surface area contributed by atoms with Gasteiger partial charge in [0.05, 0.1) is 0 Å². The summed E-state index contributed by atoms with van der Waals surface area (Å²) in [5, 5.41) is 20.1. The van der Waals surface area contributed by atoms with E-state index in [9.17, 15) is 36.6 Å². The summed E-state index contributed by atoms with van der Waals surface area (Å²) in [6, 6.07) is 0. The standard InChI is InChI=1S/C15H22F6O2.2CH4/c1-6-7(2)9-5-8(6)10(12(3,22)14(16,17)18)11(9)13(4,23)15(19,20)21;;/h6-11,22-23H,5H2,1-4H3;2*1H4. The van der Waals surface area contributed by atoms with Crippen molar-refractivity contribution in [2.75, 3.05) is 0 Å². The average Bonchev–Trinajstić information content (AvgIpc) is 2.85. The molecular formula is C17H30F6O2. The summed E-state index contributed by atoms with van der Waals surface area (Å²) < 4.78 is 79.7. The molecule has 0 aromatic rings. The predicted molar refractivity (Wildman–Crippen MR) is 83.7 cm³/mol. The molecule has 0 heterocycles. The van der Waals surface area contributed by atoms with Gasteiger partial charge in [0.25, 0.3) is 0 Å². The van der Waals surface area contributed by atoms with Crippen molar-refractivity contribution in [2.45, 2.75) is 72.5 Å². The van der Waals surface area contributed by atoms with Gasteiger partial charge in [0.1, 0.15) is 0 Å². The van der Waals surface area contributed by atoms with Gasteiger partial charge in [-0.25, -0.2) is 0 Å². The highest BCUT2D eigenvalue weighted by molar-refractivity contribution is 5.14. The molecule has 0 spiro atoms. The fraction of sp³-hybridized carbons (Fsp3) is 1.00. The zero-order valence-corrected chi connectivity index (χ0v) is 13.3. The molecule has 2 saturated carbocycles. The number of aliphatic hydroxyl groups is 2. The molecule has 0 aromatic heterocycles. The van der Waals surface area contributed by atoms with Crippen molar-refractivity contribution < 1.29 is 36.6 Å². The Balaban J connectivity index is 0.00000288. The van der Waals surface area contributed by atoms with E-state index in [2.05, 4.69) is 0 Å². The van der Waals surface area contributed by atoms with Crippen LogP contribution in [0.1, 0.15) is 49.0 Å². The third-order valence-corrected chi connectivity index (χ3v) is 6.48. The van der Waals surface area contributed by atoms with Crippen LogP contribution in [0.5, 0.6) is 0 Å². The molecule has 0 amide bonds. The van der Waals surface area contributed by atoms with Crippen molar-refractivity contribution in [3.05, 3.63) is 0 Å². The summed E-state index contributed by atoms with van der Waals surface area (Å²) in [4.78, 5) is 0. The van der Waals surface area contributed by atoms with Crippen molar-refractivity contribution in [1.29, 1.82) is 0 Å². The van der Waals surface area contributed by atoms with Crippen LogP contribution in [0.25, 0.3) is 0 Å². The van der Waals surface area contributed by atoms with E-state index in [1.54, 1.807) is 13.8 Å². The maximum Gasteiger partial charge on any atom is 0.417 e. The minimum absolute atomic E-state index is 0. The zero-order valence-electron chi connectivity index (χ0n) is 13.3. The van der Waals surface area contributed by atoms with Gasteiger partial charge in [-0.05, 0) is 43.9 Å². The van der Waals surface area contributed by atoms with E-state index in [-0.39, 0.29) is 33.1 Å². The minimum Gasteiger partial charge on any atom is -0.380 e. The van der Waals surface area contributed by atoms with Gasteiger partial charge in [0, 0.05) is 11.8 Å². The first kappa shape index (κ1) is 24.5. The summed E-state index contributed by atoms with van der Waals surface area (Å²) in [7, 11) is 0. The van der Waals surface area contributed by atoms with Gasteiger partial charge in [0.15, 0.2) is 11.2 Å². The first-order valence-electron chi connectivity index (χ1n) is 7.63. The molecular weight excluding hydrogens is 350 g/mol. The first-order valence-corrected chi connectivity index (χ1v) is 7.63. The van der Waals surface area contributed by atoms with Gasteiger partial charge < -0.3 is 10.2 Å². The van der Waals surface area contributed by atoms with Crippen molar-refractivity contribution in [3.63, 3.8) is 0 Å². The molecule has 2 aliphatic rings. The maximum absolute atomic E-state index is 13.3. The van der Waals surface area contributed by atoms with E-state index in [0.29, 0.717) is 13.8 Å². The lowest BCUT2D eigenvalue weighted by atomic mass is 9.59. The molecule has 0 aliphatic heterocycles. The topological polar surface area (TPSA) is 40.5 Å².